The van der Waals surface area contributed by atoms with E-state index in [4.69, 9.17) is 0 Å². The highest BCUT2D eigenvalue weighted by molar-refractivity contribution is 7.98. The first kappa shape index (κ1) is 29.4. The second-order valence-corrected chi connectivity index (χ2v) is 8.92. The molecule has 0 bridgehead atoms. The highest BCUT2D eigenvalue weighted by Gasteiger charge is 2.25. The van der Waals surface area contributed by atoms with Gasteiger partial charge < -0.3 is 30.5 Å². The molecule has 2 atom stereocenters. The zero-order chi connectivity index (χ0) is 27.4. The molecule has 3 amide bonds. The number of nitrogens with zero attached hydrogens (tertiary/aromatic N) is 1. The van der Waals surface area contributed by atoms with Crippen LogP contribution in [0.4, 0.5) is 0 Å². The molecule has 200 valence electrons. The second kappa shape index (κ2) is 14.6. The van der Waals surface area contributed by atoms with Gasteiger partial charge in [0.1, 0.15) is 29.9 Å². The predicted octanol–water partition coefficient (Wildman–Crippen LogP) is 0.406. The van der Waals surface area contributed by atoms with Crippen LogP contribution in [0.25, 0.3) is 10.9 Å². The van der Waals surface area contributed by atoms with Gasteiger partial charge in [-0.25, -0.2) is 4.79 Å². The Morgan fingerprint density at radius 1 is 1.05 bits per heavy atom. The van der Waals surface area contributed by atoms with Gasteiger partial charge in [0.05, 0.1) is 14.2 Å². The number of thioether (sulfide) groups is 1. The number of esters is 2. The molecule has 1 aromatic heterocycles. The van der Waals surface area contributed by atoms with E-state index in [-0.39, 0.29) is 30.9 Å². The van der Waals surface area contributed by atoms with Crippen molar-refractivity contribution in [1.29, 1.82) is 0 Å². The first-order valence-corrected chi connectivity index (χ1v) is 12.4. The topological polar surface area (TPSA) is 173 Å². The number of rotatable bonds is 13. The summed E-state index contributed by atoms with van der Waals surface area (Å²) in [7, 11) is 2.36. The van der Waals surface area contributed by atoms with E-state index >= 15 is 0 Å². The van der Waals surface area contributed by atoms with Crippen molar-refractivity contribution in [2.24, 2.45) is 0 Å². The standard InChI is InChI=1S/C24H30N4O8S/c1-14(29)27-17(24(34)36-3)7-9-20(31)28-18(23(33)26-11-21(32)35-2)13-37-12-15-6-8-19(30)22-16(15)5-4-10-25-22/h4-6,8,10,17-18,30H,7,9,11-13H2,1-3H3,(H,26,33)(H,27,29)(H,28,31)/t17-,18-/m0/s1. The van der Waals surface area contributed by atoms with Crippen LogP contribution in [0.5, 0.6) is 5.75 Å². The summed E-state index contributed by atoms with van der Waals surface area (Å²) >= 11 is 1.35. The average molecular weight is 535 g/mol. The van der Waals surface area contributed by atoms with Crippen molar-refractivity contribution >= 4 is 52.3 Å². The van der Waals surface area contributed by atoms with Gasteiger partial charge in [-0.15, -0.1) is 0 Å². The maximum Gasteiger partial charge on any atom is 0.328 e. The lowest BCUT2D eigenvalue weighted by Crippen LogP contribution is -2.50. The van der Waals surface area contributed by atoms with Crippen LogP contribution >= 0.6 is 11.8 Å². The number of phenols is 1. The third-order valence-corrected chi connectivity index (χ3v) is 6.27. The van der Waals surface area contributed by atoms with Crippen LogP contribution in [-0.2, 0) is 39.2 Å². The average Bonchev–Trinajstić information content (AvgIpc) is 2.89. The Bertz CT molecular complexity index is 1140. The first-order chi connectivity index (χ1) is 17.7. The van der Waals surface area contributed by atoms with Crippen LogP contribution in [0, 0.1) is 0 Å². The molecule has 0 saturated heterocycles. The van der Waals surface area contributed by atoms with Crippen molar-refractivity contribution in [3.63, 3.8) is 0 Å². The quantitative estimate of drug-likeness (QED) is 0.264. The molecule has 0 fully saturated rings. The smallest absolute Gasteiger partial charge is 0.328 e. The predicted molar refractivity (Wildman–Crippen MR) is 135 cm³/mol. The van der Waals surface area contributed by atoms with E-state index in [0.717, 1.165) is 10.9 Å². The molecule has 12 nitrogen and oxygen atoms in total. The molecule has 1 heterocycles. The molecule has 1 aromatic carbocycles. The number of carbonyl (C=O) groups is 5. The first-order valence-electron chi connectivity index (χ1n) is 11.3. The van der Waals surface area contributed by atoms with Crippen molar-refractivity contribution in [1.82, 2.24) is 20.9 Å². The molecular formula is C24H30N4O8S. The Kier molecular flexibility index (Phi) is 11.6. The molecule has 0 aliphatic carbocycles. The Hall–Kier alpha value is -3.87. The van der Waals surface area contributed by atoms with E-state index in [9.17, 15) is 29.1 Å². The largest absolute Gasteiger partial charge is 0.506 e. The molecule has 0 saturated carbocycles. The molecule has 4 N–H and O–H groups in total. The maximum atomic E-state index is 12.7. The lowest BCUT2D eigenvalue weighted by molar-refractivity contribution is -0.145. The van der Waals surface area contributed by atoms with E-state index in [1.807, 2.05) is 6.07 Å². The van der Waals surface area contributed by atoms with Crippen LogP contribution in [0.15, 0.2) is 30.5 Å². The van der Waals surface area contributed by atoms with Gasteiger partial charge in [0, 0.05) is 36.4 Å². The van der Waals surface area contributed by atoms with Gasteiger partial charge in [-0.3, -0.25) is 24.2 Å². The monoisotopic (exact) mass is 534 g/mol. The number of carbonyl (C=O) groups excluding carboxylic acids is 5. The third kappa shape index (κ3) is 9.26. The number of phenolic OH excluding ortho intramolecular Hbond substituents is 1. The Balaban J connectivity index is 2.05. The van der Waals surface area contributed by atoms with Gasteiger partial charge in [0.15, 0.2) is 0 Å². The number of methoxy groups -OCH3 is 2. The Morgan fingerprint density at radius 2 is 1.81 bits per heavy atom. The number of aromatic hydroxyl groups is 1. The van der Waals surface area contributed by atoms with Crippen LogP contribution < -0.4 is 16.0 Å². The fourth-order valence-corrected chi connectivity index (χ4v) is 4.41. The molecule has 2 rings (SSSR count). The number of nitrogens with one attached hydrogen (secondary N) is 3. The number of hydrogen-bond acceptors (Lipinski definition) is 10. The number of fused-ring (bicyclic) bond motifs is 1. The number of benzene rings is 1. The van der Waals surface area contributed by atoms with Crippen molar-refractivity contribution in [2.45, 2.75) is 37.6 Å². The molecule has 37 heavy (non-hydrogen) atoms. The van der Waals surface area contributed by atoms with E-state index in [1.54, 1.807) is 24.4 Å². The summed E-state index contributed by atoms with van der Waals surface area (Å²) < 4.78 is 9.18. The molecule has 13 heteroatoms. The number of ether oxygens (including phenoxy) is 2. The van der Waals surface area contributed by atoms with Crippen LogP contribution in [0.2, 0.25) is 0 Å². The molecule has 0 aliphatic rings. The van der Waals surface area contributed by atoms with Crippen LogP contribution in [0.1, 0.15) is 25.3 Å². The molecule has 0 spiro atoms. The van der Waals surface area contributed by atoms with Crippen molar-refractivity contribution in [3.05, 3.63) is 36.0 Å². The van der Waals surface area contributed by atoms with Crippen molar-refractivity contribution in [3.8, 4) is 5.75 Å². The van der Waals surface area contributed by atoms with E-state index in [0.29, 0.717) is 11.3 Å². The van der Waals surface area contributed by atoms with Gasteiger partial charge in [-0.05, 0) is 24.1 Å². The minimum atomic E-state index is -1.01. The summed E-state index contributed by atoms with van der Waals surface area (Å²) in [5.74, 6) is -2.25. The van der Waals surface area contributed by atoms with Gasteiger partial charge in [-0.1, -0.05) is 12.1 Å². The van der Waals surface area contributed by atoms with Crippen molar-refractivity contribution in [2.75, 3.05) is 26.5 Å². The summed E-state index contributed by atoms with van der Waals surface area (Å²) in [4.78, 5) is 64.1. The Morgan fingerprint density at radius 3 is 2.49 bits per heavy atom. The van der Waals surface area contributed by atoms with E-state index < -0.39 is 41.7 Å². The zero-order valence-corrected chi connectivity index (χ0v) is 21.6. The summed E-state index contributed by atoms with van der Waals surface area (Å²) in [6.45, 7) is 0.871. The molecule has 0 unspecified atom stereocenters. The van der Waals surface area contributed by atoms with Gasteiger partial charge in [0.2, 0.25) is 17.7 Å². The number of aromatic nitrogens is 1. The lowest BCUT2D eigenvalue weighted by atomic mass is 10.1. The number of amides is 3. The molecule has 2 aromatic rings. The number of pyridine rings is 1. The summed E-state index contributed by atoms with van der Waals surface area (Å²) in [6.07, 6.45) is 1.38. The third-order valence-electron chi connectivity index (χ3n) is 5.19. The molecule has 0 aliphatic heterocycles. The summed E-state index contributed by atoms with van der Waals surface area (Å²) in [5, 5.41) is 18.3. The fraction of sp³-hybridized carbons (Fsp3) is 0.417. The SMILES string of the molecule is COC(=O)CNC(=O)[C@H](CSCc1ccc(O)c2ncccc12)NC(=O)CC[C@H](NC(C)=O)C(=O)OC. The van der Waals surface area contributed by atoms with Crippen LogP contribution in [0.3, 0.4) is 0 Å². The fourth-order valence-electron chi connectivity index (χ4n) is 3.35. The van der Waals surface area contributed by atoms with Gasteiger partial charge in [0.25, 0.3) is 0 Å². The second-order valence-electron chi connectivity index (χ2n) is 7.89. The zero-order valence-electron chi connectivity index (χ0n) is 20.7. The van der Waals surface area contributed by atoms with Gasteiger partial charge >= 0.3 is 11.9 Å². The van der Waals surface area contributed by atoms with E-state index in [1.165, 1.54) is 32.9 Å². The molecular weight excluding hydrogens is 504 g/mol. The Labute approximate surface area is 217 Å². The minimum absolute atomic E-state index is 0.0335. The van der Waals surface area contributed by atoms with Crippen LogP contribution in [-0.4, -0.2) is 78.4 Å². The highest BCUT2D eigenvalue weighted by atomic mass is 32.2. The van der Waals surface area contributed by atoms with E-state index in [2.05, 4.69) is 30.4 Å². The van der Waals surface area contributed by atoms with Crippen molar-refractivity contribution < 1.29 is 38.6 Å². The molecule has 0 radical (unpaired) electrons. The lowest BCUT2D eigenvalue weighted by Gasteiger charge is -2.19. The summed E-state index contributed by atoms with van der Waals surface area (Å²) in [6, 6.07) is 4.87. The number of hydrogen-bond donors (Lipinski definition) is 4. The maximum absolute atomic E-state index is 12.7. The summed E-state index contributed by atoms with van der Waals surface area (Å²) in [5.41, 5.74) is 1.34. The minimum Gasteiger partial charge on any atom is -0.506 e. The van der Waals surface area contributed by atoms with Gasteiger partial charge in [-0.2, -0.15) is 11.8 Å². The normalized spacial score (nSPS) is 12.2. The highest BCUT2D eigenvalue weighted by Crippen LogP contribution is 2.28.